The maximum absolute atomic E-state index is 13.0. The van der Waals surface area contributed by atoms with Crippen molar-refractivity contribution in [3.05, 3.63) is 59.5 Å². The first-order valence-corrected chi connectivity index (χ1v) is 11.5. The van der Waals surface area contributed by atoms with Crippen LogP contribution in [0.2, 0.25) is 5.02 Å². The van der Waals surface area contributed by atoms with Crippen LogP contribution in [0.3, 0.4) is 0 Å². The number of hydrogen-bond donors (Lipinski definition) is 2. The van der Waals surface area contributed by atoms with E-state index in [-0.39, 0.29) is 23.4 Å². The molecule has 0 saturated carbocycles. The Balaban J connectivity index is 1.16. The number of amides is 2. The first kappa shape index (κ1) is 22.8. The Morgan fingerprint density at radius 3 is 2.83 bits per heavy atom. The fourth-order valence-electron chi connectivity index (χ4n) is 4.10. The number of fused-ring (bicyclic) bond motifs is 1. The lowest BCUT2D eigenvalue weighted by Crippen LogP contribution is -2.43. The van der Waals surface area contributed by atoms with Crippen LogP contribution in [-0.4, -0.2) is 66.5 Å². The van der Waals surface area contributed by atoms with Crippen LogP contribution in [0.5, 0.6) is 5.88 Å². The SMILES string of the molecule is COc1cc(-c2cc(C(=O)N3CCC(C(=O)NCc4cn5ccnc5cn4)CC3)n[nH]2)c(Cl)cn1. The van der Waals surface area contributed by atoms with E-state index in [0.717, 1.165) is 11.3 Å². The molecule has 5 heterocycles. The maximum Gasteiger partial charge on any atom is 0.274 e. The van der Waals surface area contributed by atoms with Crippen molar-refractivity contribution >= 4 is 29.1 Å². The highest BCUT2D eigenvalue weighted by Crippen LogP contribution is 2.29. The number of nitrogens with one attached hydrogen (secondary N) is 2. The van der Waals surface area contributed by atoms with Gasteiger partial charge in [0.15, 0.2) is 11.3 Å². The third-order valence-corrected chi connectivity index (χ3v) is 6.36. The van der Waals surface area contributed by atoms with Crippen LogP contribution in [0.4, 0.5) is 0 Å². The normalized spacial score (nSPS) is 14.3. The number of imidazole rings is 1. The summed E-state index contributed by atoms with van der Waals surface area (Å²) in [4.78, 5) is 39.9. The topological polar surface area (TPSA) is 130 Å². The van der Waals surface area contributed by atoms with E-state index in [0.29, 0.717) is 54.6 Å². The number of likely N-dealkylation sites (tertiary alicyclic amines) is 1. The van der Waals surface area contributed by atoms with Gasteiger partial charge in [-0.3, -0.25) is 19.7 Å². The number of ether oxygens (including phenoxy) is 1. The minimum absolute atomic E-state index is 0.0343. The van der Waals surface area contributed by atoms with Crippen molar-refractivity contribution < 1.29 is 14.3 Å². The van der Waals surface area contributed by atoms with Crippen molar-refractivity contribution in [1.82, 2.24) is 39.8 Å². The smallest absolute Gasteiger partial charge is 0.274 e. The molecule has 0 atom stereocenters. The molecule has 12 heteroatoms. The molecule has 0 aromatic carbocycles. The van der Waals surface area contributed by atoms with Gasteiger partial charge in [0.2, 0.25) is 11.8 Å². The Morgan fingerprint density at radius 1 is 1.20 bits per heavy atom. The van der Waals surface area contributed by atoms with Crippen molar-refractivity contribution in [2.24, 2.45) is 5.92 Å². The molecule has 35 heavy (non-hydrogen) atoms. The number of carbonyl (C=O) groups excluding carboxylic acids is 2. The van der Waals surface area contributed by atoms with Crippen molar-refractivity contribution in [3.8, 4) is 17.1 Å². The van der Waals surface area contributed by atoms with E-state index in [1.807, 2.05) is 16.8 Å². The van der Waals surface area contributed by atoms with Gasteiger partial charge < -0.3 is 19.4 Å². The van der Waals surface area contributed by atoms with E-state index in [1.54, 1.807) is 29.4 Å². The number of aromatic amines is 1. The first-order valence-electron chi connectivity index (χ1n) is 11.1. The Kier molecular flexibility index (Phi) is 6.32. The lowest BCUT2D eigenvalue weighted by molar-refractivity contribution is -0.126. The average Bonchev–Trinajstić information content (AvgIpc) is 3.57. The fraction of sp³-hybridized carbons (Fsp3) is 0.304. The van der Waals surface area contributed by atoms with Gasteiger partial charge in [-0.2, -0.15) is 5.10 Å². The molecule has 1 saturated heterocycles. The molecule has 2 amide bonds. The second-order valence-corrected chi connectivity index (χ2v) is 8.64. The number of nitrogens with zero attached hydrogens (tertiary/aromatic N) is 6. The summed E-state index contributed by atoms with van der Waals surface area (Å²) in [6, 6.07) is 3.34. The fourth-order valence-corrected chi connectivity index (χ4v) is 4.30. The Bertz CT molecular complexity index is 1380. The number of rotatable bonds is 6. The third kappa shape index (κ3) is 4.80. The van der Waals surface area contributed by atoms with Gasteiger partial charge in [-0.15, -0.1) is 0 Å². The lowest BCUT2D eigenvalue weighted by Gasteiger charge is -2.30. The van der Waals surface area contributed by atoms with Gasteiger partial charge in [0.1, 0.15) is 0 Å². The highest BCUT2D eigenvalue weighted by molar-refractivity contribution is 6.33. The molecule has 0 spiro atoms. The number of halogens is 1. The van der Waals surface area contributed by atoms with Gasteiger partial charge in [-0.05, 0) is 18.9 Å². The quantitative estimate of drug-likeness (QED) is 0.420. The van der Waals surface area contributed by atoms with Gasteiger partial charge in [0.05, 0.1) is 42.5 Å². The molecule has 0 aliphatic carbocycles. The monoisotopic (exact) mass is 494 g/mol. The molecular weight excluding hydrogens is 472 g/mol. The summed E-state index contributed by atoms with van der Waals surface area (Å²) in [5.74, 6) is 0.0217. The van der Waals surface area contributed by atoms with Gasteiger partial charge in [-0.1, -0.05) is 11.6 Å². The van der Waals surface area contributed by atoms with E-state index < -0.39 is 0 Å². The summed E-state index contributed by atoms with van der Waals surface area (Å²) in [5, 5.41) is 10.4. The highest BCUT2D eigenvalue weighted by Gasteiger charge is 2.29. The lowest BCUT2D eigenvalue weighted by atomic mass is 9.95. The van der Waals surface area contributed by atoms with Crippen LogP contribution >= 0.6 is 11.6 Å². The molecule has 0 bridgehead atoms. The van der Waals surface area contributed by atoms with E-state index >= 15 is 0 Å². The predicted molar refractivity (Wildman–Crippen MR) is 127 cm³/mol. The van der Waals surface area contributed by atoms with Crippen LogP contribution in [0.15, 0.2) is 43.1 Å². The molecule has 1 aliphatic rings. The third-order valence-electron chi connectivity index (χ3n) is 6.06. The molecule has 0 radical (unpaired) electrons. The number of aromatic nitrogens is 6. The molecule has 0 unspecified atom stereocenters. The Morgan fingerprint density at radius 2 is 2.03 bits per heavy atom. The van der Waals surface area contributed by atoms with E-state index in [9.17, 15) is 9.59 Å². The summed E-state index contributed by atoms with van der Waals surface area (Å²) in [5.41, 5.74) is 3.02. The first-order chi connectivity index (χ1) is 17.0. The molecular formula is C23H23ClN8O3. The van der Waals surface area contributed by atoms with Crippen molar-refractivity contribution in [2.45, 2.75) is 19.4 Å². The number of hydrogen-bond acceptors (Lipinski definition) is 7. The molecule has 180 valence electrons. The molecule has 1 aliphatic heterocycles. The van der Waals surface area contributed by atoms with Gasteiger partial charge in [0.25, 0.3) is 5.91 Å². The van der Waals surface area contributed by atoms with Gasteiger partial charge in [0, 0.05) is 49.2 Å². The number of pyridine rings is 1. The summed E-state index contributed by atoms with van der Waals surface area (Å²) < 4.78 is 7.01. The summed E-state index contributed by atoms with van der Waals surface area (Å²) in [7, 11) is 1.52. The minimum Gasteiger partial charge on any atom is -0.481 e. The van der Waals surface area contributed by atoms with Crippen LogP contribution in [0.25, 0.3) is 16.9 Å². The van der Waals surface area contributed by atoms with Crippen molar-refractivity contribution in [3.63, 3.8) is 0 Å². The van der Waals surface area contributed by atoms with Gasteiger partial charge >= 0.3 is 0 Å². The summed E-state index contributed by atoms with van der Waals surface area (Å²) in [6.07, 6.45) is 9.69. The Labute approximate surface area is 205 Å². The molecule has 4 aromatic heterocycles. The van der Waals surface area contributed by atoms with E-state index in [2.05, 4.69) is 30.5 Å². The summed E-state index contributed by atoms with van der Waals surface area (Å²) >= 11 is 6.25. The largest absolute Gasteiger partial charge is 0.481 e. The zero-order valence-corrected chi connectivity index (χ0v) is 19.7. The standard InChI is InChI=1S/C23H23ClN8O3/c1-35-21-8-16(17(24)11-27-21)18-9-19(30-29-18)23(34)31-5-2-14(3-6-31)22(33)28-10-15-13-32-7-4-25-20(32)12-26-15/h4,7-9,11-14H,2-3,5-6,10H2,1H3,(H,28,33)(H,29,30). The van der Waals surface area contributed by atoms with Crippen molar-refractivity contribution in [1.29, 1.82) is 0 Å². The number of methoxy groups -OCH3 is 1. The van der Waals surface area contributed by atoms with Crippen LogP contribution < -0.4 is 10.1 Å². The molecule has 4 aromatic rings. The molecule has 11 nitrogen and oxygen atoms in total. The van der Waals surface area contributed by atoms with Crippen molar-refractivity contribution in [2.75, 3.05) is 20.2 Å². The second-order valence-electron chi connectivity index (χ2n) is 8.23. The molecule has 2 N–H and O–H groups in total. The average molecular weight is 495 g/mol. The maximum atomic E-state index is 13.0. The van der Waals surface area contributed by atoms with Crippen LogP contribution in [0.1, 0.15) is 29.0 Å². The minimum atomic E-state index is -0.193. The predicted octanol–water partition coefficient (Wildman–Crippen LogP) is 2.34. The van der Waals surface area contributed by atoms with Crippen LogP contribution in [0, 0.1) is 5.92 Å². The highest BCUT2D eigenvalue weighted by atomic mass is 35.5. The number of piperidine rings is 1. The zero-order chi connectivity index (χ0) is 24.4. The Hall–Kier alpha value is -3.99. The zero-order valence-electron chi connectivity index (χ0n) is 18.9. The molecule has 1 fully saturated rings. The van der Waals surface area contributed by atoms with E-state index in [4.69, 9.17) is 16.3 Å². The number of carbonyl (C=O) groups is 2. The van der Waals surface area contributed by atoms with E-state index in [1.165, 1.54) is 13.3 Å². The number of H-pyrrole nitrogens is 1. The van der Waals surface area contributed by atoms with Crippen LogP contribution in [-0.2, 0) is 11.3 Å². The molecule has 5 rings (SSSR count). The summed E-state index contributed by atoms with van der Waals surface area (Å²) in [6.45, 7) is 1.29. The second kappa shape index (κ2) is 9.71. The van der Waals surface area contributed by atoms with Gasteiger partial charge in [-0.25, -0.2) is 9.97 Å².